The Morgan fingerprint density at radius 1 is 1.20 bits per heavy atom. The molecule has 0 saturated carbocycles. The zero-order chi connectivity index (χ0) is 11.5. The van der Waals surface area contributed by atoms with Gasteiger partial charge in [-0.05, 0) is 29.2 Å². The first-order valence-corrected chi connectivity index (χ1v) is 5.24. The Balaban J connectivity index is 2.95. The lowest BCUT2D eigenvalue weighted by molar-refractivity contribution is 0.0510. The SMILES string of the molecule is COCOc1cc(Cl)cc(C(C)(C)C)c1. The summed E-state index contributed by atoms with van der Waals surface area (Å²) in [6.45, 7) is 6.65. The summed E-state index contributed by atoms with van der Waals surface area (Å²) < 4.78 is 10.2. The molecule has 1 rings (SSSR count). The van der Waals surface area contributed by atoms with Crippen molar-refractivity contribution in [1.29, 1.82) is 0 Å². The molecule has 0 amide bonds. The summed E-state index contributed by atoms with van der Waals surface area (Å²) in [4.78, 5) is 0. The molecule has 0 saturated heterocycles. The molecule has 0 spiro atoms. The highest BCUT2D eigenvalue weighted by atomic mass is 35.5. The van der Waals surface area contributed by atoms with E-state index in [0.717, 1.165) is 11.3 Å². The Kier molecular flexibility index (Phi) is 4.00. The van der Waals surface area contributed by atoms with Gasteiger partial charge < -0.3 is 9.47 Å². The standard InChI is InChI=1S/C12H17ClO2/c1-12(2,3)9-5-10(13)7-11(6-9)15-8-14-4/h5-7H,8H2,1-4H3. The van der Waals surface area contributed by atoms with Crippen LogP contribution in [0, 0.1) is 0 Å². The van der Waals surface area contributed by atoms with Crippen LogP contribution in [0.15, 0.2) is 18.2 Å². The number of hydrogen-bond acceptors (Lipinski definition) is 2. The quantitative estimate of drug-likeness (QED) is 0.736. The largest absolute Gasteiger partial charge is 0.468 e. The number of ether oxygens (including phenoxy) is 2. The van der Waals surface area contributed by atoms with Crippen molar-refractivity contribution >= 4 is 11.6 Å². The third-order valence-corrected chi connectivity index (χ3v) is 2.30. The van der Waals surface area contributed by atoms with Crippen molar-refractivity contribution in [3.05, 3.63) is 28.8 Å². The normalized spacial score (nSPS) is 11.5. The molecule has 0 bridgehead atoms. The average molecular weight is 229 g/mol. The van der Waals surface area contributed by atoms with Gasteiger partial charge in [-0.15, -0.1) is 0 Å². The van der Waals surface area contributed by atoms with E-state index in [4.69, 9.17) is 21.1 Å². The van der Waals surface area contributed by atoms with E-state index in [0.29, 0.717) is 5.02 Å². The zero-order valence-electron chi connectivity index (χ0n) is 9.63. The molecule has 1 aromatic carbocycles. The minimum absolute atomic E-state index is 0.0656. The van der Waals surface area contributed by atoms with E-state index in [1.807, 2.05) is 12.1 Å². The van der Waals surface area contributed by atoms with Crippen LogP contribution in [0.1, 0.15) is 26.3 Å². The Morgan fingerprint density at radius 3 is 2.40 bits per heavy atom. The Bertz CT molecular complexity index is 329. The number of methoxy groups -OCH3 is 1. The zero-order valence-corrected chi connectivity index (χ0v) is 10.4. The number of halogens is 1. The summed E-state index contributed by atoms with van der Waals surface area (Å²) in [5.74, 6) is 0.745. The Hall–Kier alpha value is -0.730. The molecule has 0 aromatic heterocycles. The molecular formula is C12H17ClO2. The molecule has 0 unspecified atom stereocenters. The van der Waals surface area contributed by atoms with Crippen LogP contribution in [0.4, 0.5) is 0 Å². The van der Waals surface area contributed by atoms with Crippen LogP contribution in [-0.4, -0.2) is 13.9 Å². The summed E-state index contributed by atoms with van der Waals surface area (Å²) in [6, 6.07) is 5.74. The van der Waals surface area contributed by atoms with Gasteiger partial charge in [-0.2, -0.15) is 0 Å². The van der Waals surface area contributed by atoms with Gasteiger partial charge in [0.05, 0.1) is 0 Å². The lowest BCUT2D eigenvalue weighted by atomic mass is 9.87. The first-order chi connectivity index (χ1) is 6.93. The van der Waals surface area contributed by atoms with Crippen LogP contribution in [0.25, 0.3) is 0 Å². The van der Waals surface area contributed by atoms with Crippen LogP contribution in [0.2, 0.25) is 5.02 Å². The van der Waals surface area contributed by atoms with Crippen LogP contribution >= 0.6 is 11.6 Å². The second-order valence-electron chi connectivity index (χ2n) is 4.48. The highest BCUT2D eigenvalue weighted by Gasteiger charge is 2.15. The molecule has 15 heavy (non-hydrogen) atoms. The van der Waals surface area contributed by atoms with E-state index in [-0.39, 0.29) is 12.2 Å². The first-order valence-electron chi connectivity index (χ1n) is 4.86. The molecule has 0 aliphatic heterocycles. The van der Waals surface area contributed by atoms with Crippen molar-refractivity contribution in [2.45, 2.75) is 26.2 Å². The number of benzene rings is 1. The average Bonchev–Trinajstić information content (AvgIpc) is 2.12. The van der Waals surface area contributed by atoms with Crippen molar-refractivity contribution in [1.82, 2.24) is 0 Å². The highest BCUT2D eigenvalue weighted by Crippen LogP contribution is 2.29. The smallest absolute Gasteiger partial charge is 0.188 e. The van der Waals surface area contributed by atoms with Gasteiger partial charge in [-0.25, -0.2) is 0 Å². The van der Waals surface area contributed by atoms with Crippen molar-refractivity contribution in [3.63, 3.8) is 0 Å². The van der Waals surface area contributed by atoms with Crippen LogP contribution in [0.5, 0.6) is 5.75 Å². The lowest BCUT2D eigenvalue weighted by Gasteiger charge is -2.20. The van der Waals surface area contributed by atoms with Gasteiger partial charge in [0.1, 0.15) is 5.75 Å². The maximum atomic E-state index is 6.01. The van der Waals surface area contributed by atoms with Gasteiger partial charge in [-0.1, -0.05) is 32.4 Å². The van der Waals surface area contributed by atoms with Crippen molar-refractivity contribution in [3.8, 4) is 5.75 Å². The van der Waals surface area contributed by atoms with Gasteiger partial charge in [-0.3, -0.25) is 0 Å². The molecule has 1 aromatic rings. The Labute approximate surface area is 96.2 Å². The molecule has 0 N–H and O–H groups in total. The molecule has 0 aliphatic rings. The van der Waals surface area contributed by atoms with E-state index >= 15 is 0 Å². The molecule has 2 nitrogen and oxygen atoms in total. The number of hydrogen-bond donors (Lipinski definition) is 0. The van der Waals surface area contributed by atoms with Crippen molar-refractivity contribution in [2.24, 2.45) is 0 Å². The monoisotopic (exact) mass is 228 g/mol. The van der Waals surface area contributed by atoms with Crippen LogP contribution in [0.3, 0.4) is 0 Å². The molecule has 0 radical (unpaired) electrons. The fraction of sp³-hybridized carbons (Fsp3) is 0.500. The van der Waals surface area contributed by atoms with E-state index in [1.165, 1.54) is 0 Å². The third kappa shape index (κ3) is 3.73. The van der Waals surface area contributed by atoms with Crippen molar-refractivity contribution < 1.29 is 9.47 Å². The molecule has 0 heterocycles. The summed E-state index contributed by atoms with van der Waals surface area (Å²) >= 11 is 6.01. The van der Waals surface area contributed by atoms with Crippen molar-refractivity contribution in [2.75, 3.05) is 13.9 Å². The third-order valence-electron chi connectivity index (χ3n) is 2.08. The van der Waals surface area contributed by atoms with Crippen LogP contribution in [-0.2, 0) is 10.2 Å². The first kappa shape index (κ1) is 12.3. The van der Waals surface area contributed by atoms with Gasteiger partial charge >= 0.3 is 0 Å². The highest BCUT2D eigenvalue weighted by molar-refractivity contribution is 6.30. The predicted octanol–water partition coefficient (Wildman–Crippen LogP) is 3.62. The molecule has 0 aliphatic carbocycles. The lowest BCUT2D eigenvalue weighted by Crippen LogP contribution is -2.11. The molecule has 84 valence electrons. The van der Waals surface area contributed by atoms with E-state index < -0.39 is 0 Å². The summed E-state index contributed by atoms with van der Waals surface area (Å²) in [6.07, 6.45) is 0. The maximum Gasteiger partial charge on any atom is 0.188 e. The topological polar surface area (TPSA) is 18.5 Å². The number of rotatable bonds is 3. The van der Waals surface area contributed by atoms with Gasteiger partial charge in [0, 0.05) is 12.1 Å². The molecule has 3 heteroatoms. The summed E-state index contributed by atoms with van der Waals surface area (Å²) in [5, 5.41) is 0.688. The predicted molar refractivity (Wildman–Crippen MR) is 62.7 cm³/mol. The van der Waals surface area contributed by atoms with E-state index in [9.17, 15) is 0 Å². The molecule has 0 atom stereocenters. The molecular weight excluding hydrogens is 212 g/mol. The summed E-state index contributed by atoms with van der Waals surface area (Å²) in [7, 11) is 1.59. The second kappa shape index (κ2) is 4.86. The summed E-state index contributed by atoms with van der Waals surface area (Å²) in [5.41, 5.74) is 1.22. The maximum absolute atomic E-state index is 6.01. The minimum atomic E-state index is 0.0656. The fourth-order valence-corrected chi connectivity index (χ4v) is 1.43. The van der Waals surface area contributed by atoms with Gasteiger partial charge in [0.25, 0.3) is 0 Å². The van der Waals surface area contributed by atoms with E-state index in [1.54, 1.807) is 13.2 Å². The molecule has 0 fully saturated rings. The Morgan fingerprint density at radius 2 is 1.87 bits per heavy atom. The van der Waals surface area contributed by atoms with Gasteiger partial charge in [0.2, 0.25) is 0 Å². The second-order valence-corrected chi connectivity index (χ2v) is 4.91. The van der Waals surface area contributed by atoms with Crippen LogP contribution < -0.4 is 4.74 Å². The fourth-order valence-electron chi connectivity index (χ4n) is 1.21. The van der Waals surface area contributed by atoms with Gasteiger partial charge in [0.15, 0.2) is 6.79 Å². The van der Waals surface area contributed by atoms with E-state index in [2.05, 4.69) is 20.8 Å². The minimum Gasteiger partial charge on any atom is -0.468 e.